The predicted octanol–water partition coefficient (Wildman–Crippen LogP) is -0.872. The van der Waals surface area contributed by atoms with E-state index in [4.69, 9.17) is 0 Å². The molecule has 0 amide bonds. The van der Waals surface area contributed by atoms with Gasteiger partial charge in [0.05, 0.1) is 37.2 Å². The molecule has 4 rings (SSSR count). The molecule has 1 saturated heterocycles. The molecule has 0 spiro atoms. The summed E-state index contributed by atoms with van der Waals surface area (Å²) in [5.74, 6) is 1.15. The van der Waals surface area contributed by atoms with Crippen LogP contribution in [0.4, 0.5) is 0 Å². The van der Waals surface area contributed by atoms with Gasteiger partial charge in [0.25, 0.3) is 5.56 Å². The second-order valence-electron chi connectivity index (χ2n) is 8.32. The van der Waals surface area contributed by atoms with Crippen molar-refractivity contribution < 1.29 is 10.6 Å². The first-order valence-corrected chi connectivity index (χ1v) is 10.5. The Bertz CT molecular complexity index is 1110. The SMILES string of the molecule is Cc1cc2nc3c(=O)[nH]c(=O)nc-3n(CCC[NH+]3CCC(C[NH3+])CC3)c2cc1C. The predicted molar refractivity (Wildman–Crippen MR) is 111 cm³/mol. The summed E-state index contributed by atoms with van der Waals surface area (Å²) in [4.78, 5) is 36.7. The Morgan fingerprint density at radius 2 is 1.90 bits per heavy atom. The summed E-state index contributed by atoms with van der Waals surface area (Å²) in [6.45, 7) is 9.30. The number of rotatable bonds is 5. The molecule has 1 fully saturated rings. The van der Waals surface area contributed by atoms with Crippen molar-refractivity contribution in [2.24, 2.45) is 5.92 Å². The number of hydrogen-bond acceptors (Lipinski definition) is 4. The van der Waals surface area contributed by atoms with Gasteiger partial charge in [-0.05, 0) is 37.1 Å². The Morgan fingerprint density at radius 3 is 2.62 bits per heavy atom. The standard InChI is InChI=1S/C21H28N6O2/c1-13-10-16-17(11-14(13)2)27(19-18(23-16)20(28)25-21(29)24-19)7-3-6-26-8-4-15(12-22)5-9-26/h10-11,15H,3-9,12,22H2,1-2H3,(H,25,28,29)/p+2. The average molecular weight is 399 g/mol. The minimum absolute atomic E-state index is 0.226. The number of nitrogens with one attached hydrogen (secondary N) is 2. The van der Waals surface area contributed by atoms with Gasteiger partial charge in [0.15, 0.2) is 11.5 Å². The van der Waals surface area contributed by atoms with Crippen LogP contribution >= 0.6 is 0 Å². The number of aromatic nitrogens is 4. The van der Waals surface area contributed by atoms with Gasteiger partial charge in [-0.2, -0.15) is 4.98 Å². The van der Waals surface area contributed by atoms with Gasteiger partial charge < -0.3 is 15.2 Å². The second-order valence-corrected chi connectivity index (χ2v) is 8.32. The lowest BCUT2D eigenvalue weighted by Gasteiger charge is -2.28. The highest BCUT2D eigenvalue weighted by atomic mass is 16.2. The molecule has 0 saturated carbocycles. The molecule has 0 atom stereocenters. The number of fused-ring (bicyclic) bond motifs is 2. The molecule has 3 aliphatic heterocycles. The molecule has 1 aromatic rings. The zero-order chi connectivity index (χ0) is 20.5. The van der Waals surface area contributed by atoms with Crippen molar-refractivity contribution in [3.05, 3.63) is 44.1 Å². The first-order valence-electron chi connectivity index (χ1n) is 10.5. The van der Waals surface area contributed by atoms with Crippen LogP contribution in [-0.2, 0) is 6.54 Å². The number of nitrogens with zero attached hydrogens (tertiary/aromatic N) is 3. The van der Waals surface area contributed by atoms with Crippen LogP contribution in [0.15, 0.2) is 21.7 Å². The zero-order valence-electron chi connectivity index (χ0n) is 17.3. The van der Waals surface area contributed by atoms with Gasteiger partial charge in [-0.3, -0.25) is 9.78 Å². The van der Waals surface area contributed by atoms with E-state index in [9.17, 15) is 9.59 Å². The van der Waals surface area contributed by atoms with E-state index < -0.39 is 11.2 Å². The maximum atomic E-state index is 12.3. The van der Waals surface area contributed by atoms with E-state index in [1.54, 1.807) is 4.90 Å². The van der Waals surface area contributed by atoms with E-state index in [-0.39, 0.29) is 5.69 Å². The van der Waals surface area contributed by atoms with E-state index in [2.05, 4.69) is 33.7 Å². The van der Waals surface area contributed by atoms with Crippen molar-refractivity contribution in [3.63, 3.8) is 0 Å². The minimum atomic E-state index is -0.623. The molecule has 3 heterocycles. The van der Waals surface area contributed by atoms with Crippen LogP contribution in [0.1, 0.15) is 30.4 Å². The molecular weight excluding hydrogens is 368 g/mol. The number of hydrogen-bond donors (Lipinski definition) is 3. The normalized spacial score (nSPS) is 19.8. The van der Waals surface area contributed by atoms with Gasteiger partial charge in [-0.1, -0.05) is 0 Å². The van der Waals surface area contributed by atoms with Gasteiger partial charge in [0, 0.05) is 31.7 Å². The highest BCUT2D eigenvalue weighted by Gasteiger charge is 2.23. The van der Waals surface area contributed by atoms with E-state index in [1.807, 2.05) is 17.6 Å². The fourth-order valence-corrected chi connectivity index (χ4v) is 4.39. The van der Waals surface area contributed by atoms with Crippen molar-refractivity contribution in [3.8, 4) is 11.5 Å². The van der Waals surface area contributed by atoms with E-state index >= 15 is 0 Å². The molecule has 154 valence electrons. The summed E-state index contributed by atoms with van der Waals surface area (Å²) in [7, 11) is 0. The number of benzene rings is 1. The third-order valence-electron chi connectivity index (χ3n) is 6.36. The fourth-order valence-electron chi connectivity index (χ4n) is 4.39. The molecule has 0 unspecified atom stereocenters. The maximum absolute atomic E-state index is 12.3. The van der Waals surface area contributed by atoms with Crippen LogP contribution in [-0.4, -0.2) is 45.7 Å². The molecule has 8 nitrogen and oxygen atoms in total. The van der Waals surface area contributed by atoms with Crippen molar-refractivity contribution >= 4 is 11.0 Å². The van der Waals surface area contributed by atoms with E-state index in [1.165, 1.54) is 25.9 Å². The highest BCUT2D eigenvalue weighted by molar-refractivity contribution is 5.81. The van der Waals surface area contributed by atoms with Crippen molar-refractivity contribution in [1.82, 2.24) is 19.5 Å². The largest absolute Gasteiger partial charge is 0.357 e. The third-order valence-corrected chi connectivity index (χ3v) is 6.36. The van der Waals surface area contributed by atoms with Gasteiger partial charge in [0.2, 0.25) is 0 Å². The van der Waals surface area contributed by atoms with Crippen LogP contribution in [0.3, 0.4) is 0 Å². The topological polar surface area (TPSA) is 113 Å². The molecule has 8 heteroatoms. The first-order chi connectivity index (χ1) is 14.0. The molecule has 0 aliphatic carbocycles. The zero-order valence-corrected chi connectivity index (χ0v) is 17.3. The minimum Gasteiger partial charge on any atom is -0.357 e. The molecular formula is C21H30N6O2+2. The summed E-state index contributed by atoms with van der Waals surface area (Å²) < 4.78 is 2.00. The lowest BCUT2D eigenvalue weighted by molar-refractivity contribution is -0.906. The molecule has 29 heavy (non-hydrogen) atoms. The Morgan fingerprint density at radius 1 is 1.17 bits per heavy atom. The van der Waals surface area contributed by atoms with Crippen LogP contribution in [0, 0.1) is 19.8 Å². The summed E-state index contributed by atoms with van der Waals surface area (Å²) in [6.07, 6.45) is 3.46. The van der Waals surface area contributed by atoms with E-state index in [0.29, 0.717) is 12.4 Å². The number of aromatic amines is 1. The number of quaternary nitrogens is 2. The van der Waals surface area contributed by atoms with Gasteiger partial charge in [0.1, 0.15) is 0 Å². The fraction of sp³-hybridized carbons (Fsp3) is 0.524. The summed E-state index contributed by atoms with van der Waals surface area (Å²) in [5, 5.41) is 0. The Kier molecular flexibility index (Phi) is 5.47. The van der Waals surface area contributed by atoms with Crippen LogP contribution in [0.2, 0.25) is 0 Å². The second kappa shape index (κ2) is 8.04. The summed E-state index contributed by atoms with van der Waals surface area (Å²) in [5.41, 5.74) is 7.12. The van der Waals surface area contributed by atoms with E-state index in [0.717, 1.165) is 47.6 Å². The number of piperidine rings is 1. The Labute approximate surface area is 169 Å². The summed E-state index contributed by atoms with van der Waals surface area (Å²) in [6, 6.07) is 4.08. The summed E-state index contributed by atoms with van der Waals surface area (Å²) >= 11 is 0. The molecule has 0 radical (unpaired) electrons. The van der Waals surface area contributed by atoms with Crippen molar-refractivity contribution in [2.75, 3.05) is 26.2 Å². The lowest BCUT2D eigenvalue weighted by atomic mass is 9.97. The molecule has 5 N–H and O–H groups in total. The maximum Gasteiger partial charge on any atom is 0.349 e. The quantitative estimate of drug-likeness (QED) is 0.485. The number of H-pyrrole nitrogens is 1. The number of aryl methyl sites for hydroxylation is 3. The van der Waals surface area contributed by atoms with Gasteiger partial charge in [-0.25, -0.2) is 9.78 Å². The average Bonchev–Trinajstić information content (AvgIpc) is 2.70. The third kappa shape index (κ3) is 3.95. The molecule has 0 aromatic heterocycles. The number of likely N-dealkylation sites (tertiary alicyclic amines) is 1. The molecule has 0 bridgehead atoms. The Hall–Kier alpha value is -2.58. The van der Waals surface area contributed by atoms with Crippen molar-refractivity contribution in [2.45, 2.75) is 39.7 Å². The smallest absolute Gasteiger partial charge is 0.349 e. The lowest BCUT2D eigenvalue weighted by Crippen LogP contribution is -3.13. The molecule has 3 aliphatic rings. The van der Waals surface area contributed by atoms with Gasteiger partial charge >= 0.3 is 5.69 Å². The monoisotopic (exact) mass is 398 g/mol. The Balaban J connectivity index is 1.66. The van der Waals surface area contributed by atoms with Crippen LogP contribution in [0.5, 0.6) is 0 Å². The van der Waals surface area contributed by atoms with Gasteiger partial charge in [-0.15, -0.1) is 0 Å². The molecule has 1 aromatic carbocycles. The van der Waals surface area contributed by atoms with Crippen molar-refractivity contribution in [1.29, 1.82) is 0 Å². The van der Waals surface area contributed by atoms with Crippen LogP contribution < -0.4 is 21.9 Å². The highest BCUT2D eigenvalue weighted by Crippen LogP contribution is 2.23. The van der Waals surface area contributed by atoms with Crippen LogP contribution in [0.25, 0.3) is 22.6 Å². The first kappa shape index (κ1) is 19.7.